The number of halogens is 3. The molecule has 0 bridgehead atoms. The van der Waals surface area contributed by atoms with Crippen molar-refractivity contribution in [3.63, 3.8) is 0 Å². The number of nitrogens with zero attached hydrogens (tertiary/aromatic N) is 6. The van der Waals surface area contributed by atoms with Crippen LogP contribution in [0.4, 0.5) is 13.2 Å². The highest BCUT2D eigenvalue weighted by Crippen LogP contribution is 2.26. The normalized spacial score (nSPS) is 14.0. The molecule has 1 aliphatic heterocycles. The quantitative estimate of drug-likeness (QED) is 0.432. The highest BCUT2D eigenvalue weighted by atomic mass is 19.4. The molecule has 0 aliphatic carbocycles. The Labute approximate surface area is 193 Å². The molecule has 4 heterocycles. The number of pyridine rings is 1. The minimum absolute atomic E-state index is 0.258. The molecule has 0 N–H and O–H groups in total. The Hall–Kier alpha value is -3.92. The third-order valence-electron chi connectivity index (χ3n) is 5.45. The molecule has 0 unspecified atom stereocenters. The van der Waals surface area contributed by atoms with E-state index in [0.717, 1.165) is 48.4 Å². The Morgan fingerprint density at radius 2 is 1.68 bits per heavy atom. The standard InChI is InChI=1S/C24H19F3N6O/c25-24(26,27)34-20-4-2-17(3-5-20)21-6-1-16(9-30-21)13-33-8-7-22-19(14-33)12-31-23(32-22)18-10-28-15-29-11-18/h1-6,9-12,15H,7-8,13-14H2. The zero-order valence-electron chi connectivity index (χ0n) is 17.9. The number of alkyl halides is 3. The maximum absolute atomic E-state index is 12.3. The summed E-state index contributed by atoms with van der Waals surface area (Å²) in [5, 5.41) is 0. The van der Waals surface area contributed by atoms with Crippen LogP contribution in [0.1, 0.15) is 16.8 Å². The van der Waals surface area contributed by atoms with Crippen molar-refractivity contribution in [2.75, 3.05) is 6.54 Å². The summed E-state index contributed by atoms with van der Waals surface area (Å²) >= 11 is 0. The molecule has 4 aromatic rings. The van der Waals surface area contributed by atoms with Crippen molar-refractivity contribution < 1.29 is 17.9 Å². The minimum atomic E-state index is -4.71. The van der Waals surface area contributed by atoms with E-state index >= 15 is 0 Å². The van der Waals surface area contributed by atoms with Gasteiger partial charge in [-0.3, -0.25) is 9.88 Å². The number of ether oxygens (including phenoxy) is 1. The second kappa shape index (κ2) is 9.14. The molecule has 5 rings (SSSR count). The maximum atomic E-state index is 12.3. The van der Waals surface area contributed by atoms with Crippen molar-refractivity contribution in [1.82, 2.24) is 29.8 Å². The first-order valence-electron chi connectivity index (χ1n) is 10.6. The van der Waals surface area contributed by atoms with E-state index in [2.05, 4.69) is 29.6 Å². The summed E-state index contributed by atoms with van der Waals surface area (Å²) in [6.07, 6.45) is 4.64. The molecule has 0 radical (unpaired) electrons. The molecule has 1 aromatic carbocycles. The zero-order chi connectivity index (χ0) is 23.5. The lowest BCUT2D eigenvalue weighted by atomic mass is 10.1. The predicted molar refractivity (Wildman–Crippen MR) is 117 cm³/mol. The first-order chi connectivity index (χ1) is 16.4. The van der Waals surface area contributed by atoms with Crippen molar-refractivity contribution in [1.29, 1.82) is 0 Å². The number of rotatable bonds is 5. The van der Waals surface area contributed by atoms with Crippen LogP contribution in [0.5, 0.6) is 5.75 Å². The average Bonchev–Trinajstić information content (AvgIpc) is 2.84. The van der Waals surface area contributed by atoms with E-state index in [1.165, 1.54) is 18.5 Å². The lowest BCUT2D eigenvalue weighted by Crippen LogP contribution is -2.31. The monoisotopic (exact) mass is 464 g/mol. The summed E-state index contributed by atoms with van der Waals surface area (Å²) < 4.78 is 40.9. The van der Waals surface area contributed by atoms with Crippen LogP contribution >= 0.6 is 0 Å². The van der Waals surface area contributed by atoms with Crippen molar-refractivity contribution >= 4 is 0 Å². The van der Waals surface area contributed by atoms with E-state index in [1.54, 1.807) is 30.7 Å². The maximum Gasteiger partial charge on any atom is 0.573 e. The van der Waals surface area contributed by atoms with E-state index in [9.17, 15) is 13.2 Å². The van der Waals surface area contributed by atoms with E-state index in [0.29, 0.717) is 17.1 Å². The predicted octanol–water partition coefficient (Wildman–Crippen LogP) is 4.45. The Morgan fingerprint density at radius 3 is 2.38 bits per heavy atom. The molecule has 10 heteroatoms. The van der Waals surface area contributed by atoms with Gasteiger partial charge in [-0.05, 0) is 35.9 Å². The highest BCUT2D eigenvalue weighted by Gasteiger charge is 2.31. The molecular weight excluding hydrogens is 445 g/mol. The van der Waals surface area contributed by atoms with Gasteiger partial charge in [-0.25, -0.2) is 19.9 Å². The van der Waals surface area contributed by atoms with Crippen LogP contribution in [0, 0.1) is 0 Å². The fraction of sp³-hybridized carbons (Fsp3) is 0.208. The number of benzene rings is 1. The topological polar surface area (TPSA) is 76.9 Å². The third kappa shape index (κ3) is 5.18. The number of hydrogen-bond acceptors (Lipinski definition) is 7. The molecule has 0 fully saturated rings. The second-order valence-corrected chi connectivity index (χ2v) is 7.88. The molecule has 0 saturated carbocycles. The lowest BCUT2D eigenvalue weighted by molar-refractivity contribution is -0.274. The second-order valence-electron chi connectivity index (χ2n) is 7.88. The molecule has 172 valence electrons. The van der Waals surface area contributed by atoms with Crippen molar-refractivity contribution in [3.8, 4) is 28.4 Å². The molecule has 0 amide bonds. The summed E-state index contributed by atoms with van der Waals surface area (Å²) in [7, 11) is 0. The van der Waals surface area contributed by atoms with Gasteiger partial charge in [-0.2, -0.15) is 0 Å². The van der Waals surface area contributed by atoms with Crippen LogP contribution in [0.25, 0.3) is 22.6 Å². The van der Waals surface area contributed by atoms with E-state index in [1.807, 2.05) is 18.3 Å². The largest absolute Gasteiger partial charge is 0.573 e. The average molecular weight is 464 g/mol. The van der Waals surface area contributed by atoms with Gasteiger partial charge in [0.1, 0.15) is 12.1 Å². The van der Waals surface area contributed by atoms with E-state index in [-0.39, 0.29) is 5.75 Å². The Balaban J connectivity index is 1.22. The van der Waals surface area contributed by atoms with Gasteiger partial charge >= 0.3 is 6.36 Å². The van der Waals surface area contributed by atoms with Gasteiger partial charge < -0.3 is 4.74 Å². The molecule has 0 spiro atoms. The lowest BCUT2D eigenvalue weighted by Gasteiger charge is -2.28. The SMILES string of the molecule is FC(F)(F)Oc1ccc(-c2ccc(CN3CCc4nc(-c5cncnc5)ncc4C3)cn2)cc1. The molecule has 7 nitrogen and oxygen atoms in total. The van der Waals surface area contributed by atoms with Crippen molar-refractivity contribution in [2.24, 2.45) is 0 Å². The zero-order valence-corrected chi connectivity index (χ0v) is 17.9. The summed E-state index contributed by atoms with van der Waals surface area (Å²) in [5.41, 5.74) is 5.36. The van der Waals surface area contributed by atoms with Crippen LogP contribution in [-0.2, 0) is 19.5 Å². The molecule has 34 heavy (non-hydrogen) atoms. The van der Waals surface area contributed by atoms with Crippen LogP contribution in [-0.4, -0.2) is 42.7 Å². The van der Waals surface area contributed by atoms with Crippen molar-refractivity contribution in [2.45, 2.75) is 25.9 Å². The van der Waals surface area contributed by atoms with E-state index < -0.39 is 6.36 Å². The number of hydrogen-bond donors (Lipinski definition) is 0. The Kier molecular flexibility index (Phi) is 5.89. The van der Waals surface area contributed by atoms with Gasteiger partial charge in [0.2, 0.25) is 0 Å². The highest BCUT2D eigenvalue weighted by molar-refractivity contribution is 5.60. The Morgan fingerprint density at radius 1 is 0.882 bits per heavy atom. The number of fused-ring (bicyclic) bond motifs is 1. The fourth-order valence-electron chi connectivity index (χ4n) is 3.84. The summed E-state index contributed by atoms with van der Waals surface area (Å²) in [5.74, 6) is 0.372. The molecule has 3 aromatic heterocycles. The van der Waals surface area contributed by atoms with Crippen molar-refractivity contribution in [3.05, 3.63) is 84.3 Å². The van der Waals surface area contributed by atoms with Crippen LogP contribution in [0.3, 0.4) is 0 Å². The Bertz CT molecular complexity index is 1260. The molecule has 1 aliphatic rings. The third-order valence-corrected chi connectivity index (χ3v) is 5.45. The molecular formula is C24H19F3N6O. The van der Waals surface area contributed by atoms with E-state index in [4.69, 9.17) is 4.98 Å². The smallest absolute Gasteiger partial charge is 0.406 e. The fourth-order valence-corrected chi connectivity index (χ4v) is 3.84. The molecule has 0 saturated heterocycles. The summed E-state index contributed by atoms with van der Waals surface area (Å²) in [6.45, 7) is 2.32. The van der Waals surface area contributed by atoms with Gasteiger partial charge in [0, 0.05) is 62.0 Å². The summed E-state index contributed by atoms with van der Waals surface area (Å²) in [4.78, 5) is 24.0. The van der Waals surface area contributed by atoms with Crippen LogP contribution in [0.15, 0.2) is 67.5 Å². The number of aromatic nitrogens is 5. The first kappa shape index (κ1) is 21.9. The van der Waals surface area contributed by atoms with Crippen LogP contribution in [0.2, 0.25) is 0 Å². The first-order valence-corrected chi connectivity index (χ1v) is 10.6. The minimum Gasteiger partial charge on any atom is -0.406 e. The summed E-state index contributed by atoms with van der Waals surface area (Å²) in [6, 6.07) is 9.52. The van der Waals surface area contributed by atoms with Gasteiger partial charge in [-0.15, -0.1) is 13.2 Å². The van der Waals surface area contributed by atoms with Gasteiger partial charge in [0.05, 0.1) is 17.0 Å². The molecule has 0 atom stereocenters. The van der Waals surface area contributed by atoms with Gasteiger partial charge in [-0.1, -0.05) is 6.07 Å². The van der Waals surface area contributed by atoms with Crippen LogP contribution < -0.4 is 4.74 Å². The van der Waals surface area contributed by atoms with Gasteiger partial charge in [0.25, 0.3) is 0 Å². The van der Waals surface area contributed by atoms with Gasteiger partial charge in [0.15, 0.2) is 5.82 Å².